The van der Waals surface area contributed by atoms with Crippen LogP contribution in [0.3, 0.4) is 0 Å². The number of hydrogen-bond acceptors (Lipinski definition) is 12. The summed E-state index contributed by atoms with van der Waals surface area (Å²) >= 11 is 0. The fourth-order valence-electron chi connectivity index (χ4n) is 3.48. The third-order valence-electron chi connectivity index (χ3n) is 5.28. The van der Waals surface area contributed by atoms with Crippen LogP contribution >= 0.6 is 0 Å². The standard InChI is InChI=1S/2C9H12N2O6/c2*12-3-4-6(14)7(15)8(17-4)11-2-1-5(13)10-9(11)16/h2*1-2,4,6-8,12,14-15H,3H2,(H,10,13,16)/t2*4-,6-,7-,8-/m11/s1. The summed E-state index contributed by atoms with van der Waals surface area (Å²) in [5, 5.41) is 56.1. The van der Waals surface area contributed by atoms with E-state index in [9.17, 15) is 39.6 Å². The largest absolute Gasteiger partial charge is 0.394 e. The van der Waals surface area contributed by atoms with Crippen LogP contribution < -0.4 is 22.5 Å². The lowest BCUT2D eigenvalue weighted by atomic mass is 10.1. The van der Waals surface area contributed by atoms with E-state index in [1.807, 2.05) is 9.97 Å². The molecular formula is C18H24N4O12. The van der Waals surface area contributed by atoms with Crippen molar-refractivity contribution in [2.45, 2.75) is 49.1 Å². The fourth-order valence-corrected chi connectivity index (χ4v) is 3.48. The molecular weight excluding hydrogens is 464 g/mol. The minimum absolute atomic E-state index is 0.479. The van der Waals surface area contributed by atoms with Gasteiger partial charge in [0, 0.05) is 24.5 Å². The Kier molecular flexibility index (Phi) is 7.95. The Morgan fingerprint density at radius 1 is 0.676 bits per heavy atom. The van der Waals surface area contributed by atoms with Gasteiger partial charge in [0.1, 0.15) is 36.6 Å². The maximum Gasteiger partial charge on any atom is 0.330 e. The van der Waals surface area contributed by atoms with E-state index in [1.165, 1.54) is 0 Å². The van der Waals surface area contributed by atoms with E-state index in [2.05, 4.69) is 0 Å². The van der Waals surface area contributed by atoms with Gasteiger partial charge in [0.2, 0.25) is 0 Å². The van der Waals surface area contributed by atoms with Gasteiger partial charge < -0.3 is 40.1 Å². The van der Waals surface area contributed by atoms with Crippen molar-refractivity contribution in [3.63, 3.8) is 0 Å². The van der Waals surface area contributed by atoms with Crippen molar-refractivity contribution in [1.29, 1.82) is 0 Å². The zero-order chi connectivity index (χ0) is 25.2. The first kappa shape index (κ1) is 25.7. The Labute approximate surface area is 188 Å². The van der Waals surface area contributed by atoms with Gasteiger partial charge >= 0.3 is 11.4 Å². The Bertz CT molecular complexity index is 1110. The Balaban J connectivity index is 0.000000191. The number of nitrogens with one attached hydrogen (secondary N) is 2. The van der Waals surface area contributed by atoms with E-state index in [-0.39, 0.29) is 0 Å². The normalized spacial score (nSPS) is 32.9. The molecule has 8 atom stereocenters. The highest BCUT2D eigenvalue weighted by Crippen LogP contribution is 2.28. The van der Waals surface area contributed by atoms with Gasteiger partial charge in [0.05, 0.1) is 13.2 Å². The first-order valence-electron chi connectivity index (χ1n) is 9.97. The summed E-state index contributed by atoms with van der Waals surface area (Å²) in [6.45, 7) is -0.959. The minimum atomic E-state index is -1.35. The van der Waals surface area contributed by atoms with Gasteiger partial charge in [-0.25, -0.2) is 9.59 Å². The average Bonchev–Trinajstić information content (AvgIpc) is 3.24. The lowest BCUT2D eigenvalue weighted by Crippen LogP contribution is -2.37. The minimum Gasteiger partial charge on any atom is -0.394 e. The maximum absolute atomic E-state index is 11.4. The number of aromatic nitrogens is 4. The van der Waals surface area contributed by atoms with Crippen LogP contribution in [0.25, 0.3) is 0 Å². The average molecular weight is 488 g/mol. The van der Waals surface area contributed by atoms with Crippen molar-refractivity contribution in [3.05, 3.63) is 66.2 Å². The van der Waals surface area contributed by atoms with Crippen LogP contribution in [0.4, 0.5) is 0 Å². The number of aromatic amines is 2. The molecule has 0 spiro atoms. The second kappa shape index (κ2) is 10.5. The van der Waals surface area contributed by atoms with Crippen LogP contribution in [0.15, 0.2) is 43.7 Å². The Morgan fingerprint density at radius 3 is 1.29 bits per heavy atom. The molecule has 0 bridgehead atoms. The van der Waals surface area contributed by atoms with Crippen molar-refractivity contribution in [1.82, 2.24) is 19.1 Å². The number of nitrogens with zero attached hydrogens (tertiary/aromatic N) is 2. The molecule has 0 saturated carbocycles. The Morgan fingerprint density at radius 2 is 1.03 bits per heavy atom. The summed E-state index contributed by atoms with van der Waals surface area (Å²) in [5.41, 5.74) is -2.66. The highest BCUT2D eigenvalue weighted by atomic mass is 16.6. The number of aliphatic hydroxyl groups is 6. The van der Waals surface area contributed by atoms with Gasteiger partial charge in [-0.1, -0.05) is 0 Å². The summed E-state index contributed by atoms with van der Waals surface area (Å²) in [5.74, 6) is 0. The molecule has 0 aliphatic carbocycles. The summed E-state index contributed by atoms with van der Waals surface area (Å²) in [6.07, 6.45) is -7.16. The maximum atomic E-state index is 11.4. The van der Waals surface area contributed by atoms with Crippen LogP contribution in [0.1, 0.15) is 12.5 Å². The van der Waals surface area contributed by atoms with Crippen LogP contribution in [0.2, 0.25) is 0 Å². The number of rotatable bonds is 4. The molecule has 4 rings (SSSR count). The zero-order valence-corrected chi connectivity index (χ0v) is 17.4. The van der Waals surface area contributed by atoms with Gasteiger partial charge in [-0.3, -0.25) is 28.7 Å². The molecule has 2 saturated heterocycles. The van der Waals surface area contributed by atoms with Crippen molar-refractivity contribution in [2.24, 2.45) is 0 Å². The van der Waals surface area contributed by atoms with Crippen molar-refractivity contribution in [2.75, 3.05) is 13.2 Å². The molecule has 16 nitrogen and oxygen atoms in total. The van der Waals surface area contributed by atoms with Crippen LogP contribution in [-0.4, -0.2) is 99.6 Å². The molecule has 2 aliphatic heterocycles. The molecule has 2 fully saturated rings. The summed E-state index contributed by atoms with van der Waals surface area (Å²) in [7, 11) is 0. The van der Waals surface area contributed by atoms with Crippen molar-refractivity contribution in [3.8, 4) is 0 Å². The van der Waals surface area contributed by atoms with E-state index >= 15 is 0 Å². The Hall–Kier alpha value is -2.96. The summed E-state index contributed by atoms with van der Waals surface area (Å²) in [6, 6.07) is 2.19. The van der Waals surface area contributed by atoms with Crippen LogP contribution in [-0.2, 0) is 9.47 Å². The second-order valence-corrected chi connectivity index (χ2v) is 7.49. The van der Waals surface area contributed by atoms with E-state index in [0.29, 0.717) is 0 Å². The van der Waals surface area contributed by atoms with Gasteiger partial charge in [0.15, 0.2) is 12.5 Å². The molecule has 0 aromatic carbocycles. The molecule has 4 heterocycles. The summed E-state index contributed by atoms with van der Waals surface area (Å²) in [4.78, 5) is 48.6. The summed E-state index contributed by atoms with van der Waals surface area (Å²) < 4.78 is 12.2. The first-order valence-corrected chi connectivity index (χ1v) is 9.97. The molecule has 2 aliphatic rings. The predicted molar refractivity (Wildman–Crippen MR) is 109 cm³/mol. The van der Waals surface area contributed by atoms with Gasteiger partial charge in [-0.2, -0.15) is 0 Å². The molecule has 8 N–H and O–H groups in total. The van der Waals surface area contributed by atoms with Crippen molar-refractivity contribution >= 4 is 0 Å². The highest BCUT2D eigenvalue weighted by Gasteiger charge is 2.44. The third kappa shape index (κ3) is 5.08. The van der Waals surface area contributed by atoms with E-state index < -0.39 is 84.8 Å². The zero-order valence-electron chi connectivity index (χ0n) is 17.4. The number of H-pyrrole nitrogens is 2. The SMILES string of the molecule is O=c1ccn([C@@H]2O[C@H](CO)[C@@H](O)[C@H]2O)c(=O)[nH]1.O=c1ccn([C@@H]2O[C@H](CO)[C@@H](O)[C@H]2O)c(=O)[nH]1. The predicted octanol–water partition coefficient (Wildman–Crippen LogP) is -5.70. The molecule has 0 radical (unpaired) electrons. The molecule has 0 unspecified atom stereocenters. The van der Waals surface area contributed by atoms with Gasteiger partial charge in [-0.05, 0) is 0 Å². The smallest absolute Gasteiger partial charge is 0.330 e. The van der Waals surface area contributed by atoms with Crippen molar-refractivity contribution < 1.29 is 40.1 Å². The molecule has 0 amide bonds. The quantitative estimate of drug-likeness (QED) is 0.200. The molecule has 2 aromatic heterocycles. The number of ether oxygens (including phenoxy) is 2. The van der Waals surface area contributed by atoms with E-state index in [0.717, 1.165) is 33.7 Å². The topological polar surface area (TPSA) is 250 Å². The molecule has 188 valence electrons. The van der Waals surface area contributed by atoms with Gasteiger partial charge in [0.25, 0.3) is 11.1 Å². The lowest BCUT2D eigenvalue weighted by molar-refractivity contribution is -0.0550. The van der Waals surface area contributed by atoms with Crippen LogP contribution in [0, 0.1) is 0 Å². The second-order valence-electron chi connectivity index (χ2n) is 7.49. The molecule has 16 heteroatoms. The van der Waals surface area contributed by atoms with Gasteiger partial charge in [-0.15, -0.1) is 0 Å². The molecule has 34 heavy (non-hydrogen) atoms. The van der Waals surface area contributed by atoms with E-state index in [4.69, 9.17) is 19.7 Å². The molecule has 2 aromatic rings. The fraction of sp³-hybridized carbons (Fsp3) is 0.556. The first-order chi connectivity index (χ1) is 16.1. The number of aliphatic hydroxyl groups excluding tert-OH is 6. The third-order valence-corrected chi connectivity index (χ3v) is 5.28. The lowest BCUT2D eigenvalue weighted by Gasteiger charge is -2.16. The monoisotopic (exact) mass is 488 g/mol. The highest BCUT2D eigenvalue weighted by molar-refractivity contribution is 4.94. The van der Waals surface area contributed by atoms with Crippen LogP contribution in [0.5, 0.6) is 0 Å². The van der Waals surface area contributed by atoms with E-state index in [1.54, 1.807) is 0 Å². The number of hydrogen-bond donors (Lipinski definition) is 8.